The topological polar surface area (TPSA) is 84.2 Å². The minimum atomic E-state index is -0.275. The Morgan fingerprint density at radius 3 is 2.22 bits per heavy atom. The number of carbonyl (C=O) groups is 2. The van der Waals surface area contributed by atoms with Crippen LogP contribution in [-0.2, 0) is 15.0 Å². The minimum absolute atomic E-state index is 0.00244. The van der Waals surface area contributed by atoms with Crippen molar-refractivity contribution in [1.82, 2.24) is 10.5 Å². The predicted octanol–water partition coefficient (Wildman–Crippen LogP) is 3.63. The van der Waals surface area contributed by atoms with Gasteiger partial charge >= 0.3 is 0 Å². The molecule has 0 aromatic carbocycles. The van der Waals surface area contributed by atoms with Crippen molar-refractivity contribution in [2.24, 2.45) is 23.2 Å². The summed E-state index contributed by atoms with van der Waals surface area (Å²) in [6, 6.07) is 1.73. The van der Waals surface area contributed by atoms with Gasteiger partial charge < -0.3 is 15.2 Å². The highest BCUT2D eigenvalue weighted by atomic mass is 16.5. The summed E-state index contributed by atoms with van der Waals surface area (Å²) in [6.45, 7) is 6.03. The van der Waals surface area contributed by atoms with Gasteiger partial charge in [0.2, 0.25) is 11.8 Å². The largest absolute Gasteiger partial charge is 0.359 e. The molecule has 4 aliphatic carbocycles. The Kier molecular flexibility index (Phi) is 4.55. The Balaban J connectivity index is 1.26. The molecule has 4 bridgehead atoms. The average Bonchev–Trinajstić information content (AvgIpc) is 3.00. The molecule has 1 aromatic rings. The van der Waals surface area contributed by atoms with E-state index in [1.165, 1.54) is 38.5 Å². The molecule has 2 N–H and O–H groups in total. The first-order chi connectivity index (χ1) is 12.7. The average molecular weight is 373 g/mol. The minimum Gasteiger partial charge on any atom is -0.359 e. The lowest BCUT2D eigenvalue weighted by Gasteiger charge is -2.56. The van der Waals surface area contributed by atoms with Gasteiger partial charge in [0.25, 0.3) is 0 Å². The molecule has 6 heteroatoms. The normalized spacial score (nSPS) is 31.7. The molecule has 4 aliphatic rings. The highest BCUT2D eigenvalue weighted by molar-refractivity contribution is 5.93. The summed E-state index contributed by atoms with van der Waals surface area (Å²) in [4.78, 5) is 24.6. The van der Waals surface area contributed by atoms with Crippen LogP contribution in [-0.4, -0.2) is 23.5 Å². The third-order valence-electron chi connectivity index (χ3n) is 6.66. The van der Waals surface area contributed by atoms with E-state index in [0.29, 0.717) is 18.0 Å². The van der Waals surface area contributed by atoms with Crippen LogP contribution in [0.4, 0.5) is 5.82 Å². The van der Waals surface area contributed by atoms with Gasteiger partial charge in [-0.05, 0) is 61.7 Å². The van der Waals surface area contributed by atoms with Gasteiger partial charge in [0.05, 0.1) is 6.54 Å². The maximum absolute atomic E-state index is 12.5. The van der Waals surface area contributed by atoms with Crippen LogP contribution in [0.2, 0.25) is 0 Å². The van der Waals surface area contributed by atoms with E-state index in [4.69, 9.17) is 4.52 Å². The molecule has 1 heterocycles. The van der Waals surface area contributed by atoms with E-state index >= 15 is 0 Å². The summed E-state index contributed by atoms with van der Waals surface area (Å²) in [5.41, 5.74) is 0.0328. The van der Waals surface area contributed by atoms with E-state index in [-0.39, 0.29) is 29.2 Å². The van der Waals surface area contributed by atoms with Crippen molar-refractivity contribution in [3.63, 3.8) is 0 Å². The molecule has 0 atom stereocenters. The van der Waals surface area contributed by atoms with Gasteiger partial charge in [-0.15, -0.1) is 0 Å². The SMILES string of the molecule is CC(C)(C)c1cc(NC(=O)CNC(=O)CC23CC4CC(CC(C4)C2)C3)no1. The molecule has 4 fully saturated rings. The number of amides is 2. The quantitative estimate of drug-likeness (QED) is 0.825. The van der Waals surface area contributed by atoms with E-state index < -0.39 is 0 Å². The predicted molar refractivity (Wildman–Crippen MR) is 102 cm³/mol. The van der Waals surface area contributed by atoms with Crippen LogP contribution < -0.4 is 10.6 Å². The van der Waals surface area contributed by atoms with Crippen LogP contribution in [0.5, 0.6) is 0 Å². The number of nitrogens with one attached hydrogen (secondary N) is 2. The zero-order valence-electron chi connectivity index (χ0n) is 16.6. The van der Waals surface area contributed by atoms with Gasteiger partial charge in [-0.2, -0.15) is 0 Å². The fourth-order valence-electron chi connectivity index (χ4n) is 5.96. The van der Waals surface area contributed by atoms with Crippen LogP contribution >= 0.6 is 0 Å². The number of nitrogens with zero attached hydrogens (tertiary/aromatic N) is 1. The van der Waals surface area contributed by atoms with Gasteiger partial charge in [-0.3, -0.25) is 9.59 Å². The smallest absolute Gasteiger partial charge is 0.245 e. The molecule has 0 aliphatic heterocycles. The summed E-state index contributed by atoms with van der Waals surface area (Å²) >= 11 is 0. The van der Waals surface area contributed by atoms with Crippen molar-refractivity contribution >= 4 is 17.6 Å². The van der Waals surface area contributed by atoms with Crippen molar-refractivity contribution in [1.29, 1.82) is 0 Å². The maximum atomic E-state index is 12.5. The second-order valence-corrected chi connectivity index (χ2v) is 10.2. The molecule has 5 rings (SSSR count). The molecular formula is C21H31N3O3. The summed E-state index contributed by atoms with van der Waals surface area (Å²) < 4.78 is 5.26. The lowest BCUT2D eigenvalue weighted by atomic mass is 9.49. The number of anilines is 1. The Bertz CT molecular complexity index is 696. The third kappa shape index (κ3) is 4.04. The fraction of sp³-hybridized carbons (Fsp3) is 0.762. The van der Waals surface area contributed by atoms with Gasteiger partial charge in [0.1, 0.15) is 5.76 Å². The Morgan fingerprint density at radius 1 is 1.11 bits per heavy atom. The van der Waals surface area contributed by atoms with Crippen LogP contribution in [0.1, 0.15) is 71.5 Å². The first-order valence-corrected chi connectivity index (χ1v) is 10.2. The molecule has 0 saturated heterocycles. The Morgan fingerprint density at radius 2 is 1.70 bits per heavy atom. The van der Waals surface area contributed by atoms with Gasteiger partial charge in [-0.25, -0.2) is 0 Å². The molecule has 148 valence electrons. The molecular weight excluding hydrogens is 342 g/mol. The molecule has 0 spiro atoms. The highest BCUT2D eigenvalue weighted by Crippen LogP contribution is 2.61. The lowest BCUT2D eigenvalue weighted by molar-refractivity contribution is -0.131. The molecule has 0 radical (unpaired) electrons. The second kappa shape index (κ2) is 6.64. The van der Waals surface area contributed by atoms with Crippen LogP contribution in [0.3, 0.4) is 0 Å². The Hall–Kier alpha value is -1.85. The monoisotopic (exact) mass is 373 g/mol. The Labute approximate surface area is 160 Å². The fourth-order valence-corrected chi connectivity index (χ4v) is 5.96. The summed E-state index contributed by atoms with van der Waals surface area (Å²) in [6.07, 6.45) is 8.29. The zero-order valence-corrected chi connectivity index (χ0v) is 16.6. The van der Waals surface area contributed by atoms with Crippen molar-refractivity contribution in [3.05, 3.63) is 11.8 Å². The lowest BCUT2D eigenvalue weighted by Crippen LogP contribution is -2.48. The van der Waals surface area contributed by atoms with Gasteiger partial charge in [0.15, 0.2) is 5.82 Å². The second-order valence-electron chi connectivity index (χ2n) is 10.2. The number of hydrogen-bond acceptors (Lipinski definition) is 4. The maximum Gasteiger partial charge on any atom is 0.245 e. The van der Waals surface area contributed by atoms with Gasteiger partial charge in [-0.1, -0.05) is 25.9 Å². The van der Waals surface area contributed by atoms with Gasteiger partial charge in [0, 0.05) is 17.9 Å². The van der Waals surface area contributed by atoms with Crippen LogP contribution in [0.15, 0.2) is 10.6 Å². The summed E-state index contributed by atoms with van der Waals surface area (Å²) in [5.74, 6) is 3.32. The molecule has 1 aromatic heterocycles. The number of carbonyl (C=O) groups excluding carboxylic acids is 2. The standard InChI is InChI=1S/C21H31N3O3/c1-20(2,3)16-7-17(24-27-16)23-19(26)12-22-18(25)11-21-8-13-4-14(9-21)6-15(5-13)10-21/h7,13-15H,4-6,8-12H2,1-3H3,(H,22,25)(H,23,24,26). The van der Waals surface area contributed by atoms with E-state index in [2.05, 4.69) is 15.8 Å². The zero-order chi connectivity index (χ0) is 19.2. The van der Waals surface area contributed by atoms with Crippen LogP contribution in [0, 0.1) is 23.2 Å². The molecule has 2 amide bonds. The summed E-state index contributed by atoms with van der Waals surface area (Å²) in [7, 11) is 0. The first-order valence-electron chi connectivity index (χ1n) is 10.2. The molecule has 27 heavy (non-hydrogen) atoms. The van der Waals surface area contributed by atoms with Crippen LogP contribution in [0.25, 0.3) is 0 Å². The van der Waals surface area contributed by atoms with Crippen molar-refractivity contribution in [2.75, 3.05) is 11.9 Å². The first kappa shape index (κ1) is 18.5. The number of rotatable bonds is 5. The molecule has 6 nitrogen and oxygen atoms in total. The van der Waals surface area contributed by atoms with E-state index in [1.54, 1.807) is 6.07 Å². The van der Waals surface area contributed by atoms with Crippen molar-refractivity contribution in [2.45, 2.75) is 71.1 Å². The number of aromatic nitrogens is 1. The van der Waals surface area contributed by atoms with E-state index in [0.717, 1.165) is 17.8 Å². The number of hydrogen-bond donors (Lipinski definition) is 2. The van der Waals surface area contributed by atoms with E-state index in [9.17, 15) is 9.59 Å². The molecule has 4 saturated carbocycles. The molecule has 0 unspecified atom stereocenters. The van der Waals surface area contributed by atoms with Crippen molar-refractivity contribution < 1.29 is 14.1 Å². The summed E-state index contributed by atoms with van der Waals surface area (Å²) in [5, 5.41) is 9.37. The highest BCUT2D eigenvalue weighted by Gasteiger charge is 2.51. The third-order valence-corrected chi connectivity index (χ3v) is 6.66. The van der Waals surface area contributed by atoms with Crippen molar-refractivity contribution in [3.8, 4) is 0 Å². The van der Waals surface area contributed by atoms with E-state index in [1.807, 2.05) is 20.8 Å².